The molecule has 0 spiro atoms. The summed E-state index contributed by atoms with van der Waals surface area (Å²) in [5.74, 6) is -1.34. The first-order chi connectivity index (χ1) is 12.0. The lowest BCUT2D eigenvalue weighted by atomic mass is 9.81. The summed E-state index contributed by atoms with van der Waals surface area (Å²) in [5, 5.41) is 9.74. The van der Waals surface area contributed by atoms with Crippen molar-refractivity contribution < 1.29 is 45.7 Å². The largest absolute Gasteiger partial charge is 0.459 e. The Kier molecular flexibility index (Phi) is 6.40. The molecule has 0 aromatic rings. The summed E-state index contributed by atoms with van der Waals surface area (Å²) in [5.41, 5.74) is -9.57. The van der Waals surface area contributed by atoms with E-state index in [9.17, 15) is 36.2 Å². The second kappa shape index (κ2) is 7.27. The maximum Gasteiger partial charge on any atom is 0.429 e. The van der Waals surface area contributed by atoms with Crippen LogP contribution in [0.2, 0.25) is 0 Å². The van der Waals surface area contributed by atoms with Crippen molar-refractivity contribution in [2.75, 3.05) is 0 Å². The number of halogens is 6. The standard InChI is InChI=1S/C17H24F6O4/c1-6-12(24)26-11-9-10(11)14(7-2,8-3)27-13(4,5)15(25,16(18,19)20)17(21,22)23/h6,10-11,25H,1,7-9H2,2-5H3. The van der Waals surface area contributed by atoms with E-state index >= 15 is 0 Å². The van der Waals surface area contributed by atoms with Crippen LogP contribution in [0.3, 0.4) is 0 Å². The molecule has 158 valence electrons. The van der Waals surface area contributed by atoms with E-state index in [0.29, 0.717) is 13.8 Å². The first kappa shape index (κ1) is 23.7. The molecule has 1 N–H and O–H groups in total. The lowest BCUT2D eigenvalue weighted by Crippen LogP contribution is -2.71. The van der Waals surface area contributed by atoms with Crippen LogP contribution in [0.25, 0.3) is 0 Å². The molecule has 0 amide bonds. The van der Waals surface area contributed by atoms with Gasteiger partial charge in [-0.1, -0.05) is 20.4 Å². The zero-order valence-electron chi connectivity index (χ0n) is 15.5. The highest BCUT2D eigenvalue weighted by Crippen LogP contribution is 2.55. The first-order valence-electron chi connectivity index (χ1n) is 8.42. The number of alkyl halides is 6. The third kappa shape index (κ3) is 4.11. The van der Waals surface area contributed by atoms with Gasteiger partial charge >= 0.3 is 18.3 Å². The molecule has 0 aromatic carbocycles. The molecule has 27 heavy (non-hydrogen) atoms. The highest BCUT2D eigenvalue weighted by Gasteiger charge is 2.78. The molecule has 0 saturated heterocycles. The summed E-state index contributed by atoms with van der Waals surface area (Å²) in [6.07, 6.45) is -11.5. The SMILES string of the molecule is C=CC(=O)OC1CC1C(CC)(CC)OC(C)(C)C(O)(C(F)(F)F)C(F)(F)F. The van der Waals surface area contributed by atoms with Gasteiger partial charge in [0.2, 0.25) is 0 Å². The normalized spacial score (nSPS) is 21.7. The highest BCUT2D eigenvalue weighted by molar-refractivity contribution is 5.81. The molecule has 0 aromatic heterocycles. The third-order valence-corrected chi connectivity index (χ3v) is 5.19. The van der Waals surface area contributed by atoms with E-state index in [2.05, 4.69) is 6.58 Å². The minimum Gasteiger partial charge on any atom is -0.459 e. The number of hydrogen-bond donors (Lipinski definition) is 1. The van der Waals surface area contributed by atoms with Crippen LogP contribution in [0.1, 0.15) is 47.0 Å². The van der Waals surface area contributed by atoms with E-state index in [-0.39, 0.29) is 19.3 Å². The Labute approximate surface area is 153 Å². The van der Waals surface area contributed by atoms with Gasteiger partial charge < -0.3 is 14.6 Å². The minimum atomic E-state index is -6.01. The maximum absolute atomic E-state index is 13.3. The van der Waals surface area contributed by atoms with E-state index in [1.807, 2.05) is 0 Å². The van der Waals surface area contributed by atoms with Gasteiger partial charge in [-0.2, -0.15) is 26.3 Å². The van der Waals surface area contributed by atoms with Crippen molar-refractivity contribution in [3.8, 4) is 0 Å². The number of esters is 1. The quantitative estimate of drug-likeness (QED) is 0.371. The van der Waals surface area contributed by atoms with E-state index < -0.39 is 47.1 Å². The molecule has 10 heteroatoms. The van der Waals surface area contributed by atoms with Gasteiger partial charge in [0.15, 0.2) is 0 Å². The number of aliphatic hydroxyl groups is 1. The molecule has 0 heterocycles. The van der Waals surface area contributed by atoms with Crippen molar-refractivity contribution >= 4 is 5.97 Å². The fourth-order valence-electron chi connectivity index (χ4n) is 3.47. The molecule has 2 unspecified atom stereocenters. The lowest BCUT2D eigenvalue weighted by Gasteiger charge is -2.49. The monoisotopic (exact) mass is 406 g/mol. The summed E-state index contributed by atoms with van der Waals surface area (Å²) >= 11 is 0. The van der Waals surface area contributed by atoms with Crippen molar-refractivity contribution in [2.45, 2.75) is 82.2 Å². The Morgan fingerprint density at radius 2 is 1.56 bits per heavy atom. The third-order valence-electron chi connectivity index (χ3n) is 5.19. The second-order valence-corrected chi connectivity index (χ2v) is 7.11. The Balaban J connectivity index is 3.25. The van der Waals surface area contributed by atoms with Gasteiger partial charge in [0.25, 0.3) is 5.60 Å². The fraction of sp³-hybridized carbons (Fsp3) is 0.824. The van der Waals surface area contributed by atoms with Crippen molar-refractivity contribution in [3.63, 3.8) is 0 Å². The van der Waals surface area contributed by atoms with Gasteiger partial charge in [-0.05, 0) is 33.1 Å². The molecular weight excluding hydrogens is 382 g/mol. The molecule has 1 fully saturated rings. The Hall–Kier alpha value is -1.29. The summed E-state index contributed by atoms with van der Waals surface area (Å²) in [6.45, 7) is 7.43. The Morgan fingerprint density at radius 1 is 1.11 bits per heavy atom. The average Bonchev–Trinajstić information content (AvgIpc) is 3.29. The second-order valence-electron chi connectivity index (χ2n) is 7.11. The summed E-state index contributed by atoms with van der Waals surface area (Å²) in [7, 11) is 0. The highest BCUT2D eigenvalue weighted by atomic mass is 19.4. The predicted molar refractivity (Wildman–Crippen MR) is 83.7 cm³/mol. The fourth-order valence-corrected chi connectivity index (χ4v) is 3.47. The molecule has 1 aliphatic carbocycles. The Bertz CT molecular complexity index is 549. The number of hydrogen-bond acceptors (Lipinski definition) is 4. The molecule has 0 aliphatic heterocycles. The zero-order valence-corrected chi connectivity index (χ0v) is 15.5. The van der Waals surface area contributed by atoms with Crippen LogP contribution in [0.5, 0.6) is 0 Å². The molecule has 0 bridgehead atoms. The van der Waals surface area contributed by atoms with E-state index in [1.54, 1.807) is 13.8 Å². The van der Waals surface area contributed by atoms with Gasteiger partial charge in [-0.3, -0.25) is 0 Å². The van der Waals surface area contributed by atoms with E-state index in [0.717, 1.165) is 6.08 Å². The molecule has 2 atom stereocenters. The smallest absolute Gasteiger partial charge is 0.429 e. The summed E-state index contributed by atoms with van der Waals surface area (Å²) in [4.78, 5) is 11.3. The first-order valence-corrected chi connectivity index (χ1v) is 8.42. The van der Waals surface area contributed by atoms with Crippen LogP contribution in [-0.4, -0.2) is 46.3 Å². The minimum absolute atomic E-state index is 0.0610. The topological polar surface area (TPSA) is 55.8 Å². The van der Waals surface area contributed by atoms with Crippen LogP contribution < -0.4 is 0 Å². The number of carbonyl (C=O) groups is 1. The average molecular weight is 406 g/mol. The van der Waals surface area contributed by atoms with Gasteiger partial charge in [0.1, 0.15) is 11.7 Å². The van der Waals surface area contributed by atoms with Crippen LogP contribution in [0, 0.1) is 5.92 Å². The molecule has 1 saturated carbocycles. The number of rotatable bonds is 8. The van der Waals surface area contributed by atoms with Crippen LogP contribution in [0.4, 0.5) is 26.3 Å². The van der Waals surface area contributed by atoms with E-state index in [4.69, 9.17) is 9.47 Å². The van der Waals surface area contributed by atoms with Gasteiger partial charge in [0, 0.05) is 12.0 Å². The van der Waals surface area contributed by atoms with Crippen molar-refractivity contribution in [2.24, 2.45) is 5.92 Å². The number of ether oxygens (including phenoxy) is 2. The van der Waals surface area contributed by atoms with Gasteiger partial charge in [0.05, 0.1) is 5.60 Å². The molecule has 4 nitrogen and oxygen atoms in total. The van der Waals surface area contributed by atoms with Crippen molar-refractivity contribution in [3.05, 3.63) is 12.7 Å². The number of carbonyl (C=O) groups excluding carboxylic acids is 1. The van der Waals surface area contributed by atoms with Crippen molar-refractivity contribution in [1.29, 1.82) is 0 Å². The molecule has 1 rings (SSSR count). The van der Waals surface area contributed by atoms with Gasteiger partial charge in [-0.25, -0.2) is 4.79 Å². The van der Waals surface area contributed by atoms with Crippen LogP contribution >= 0.6 is 0 Å². The summed E-state index contributed by atoms with van der Waals surface area (Å²) < 4.78 is 90.0. The van der Waals surface area contributed by atoms with Crippen LogP contribution in [0.15, 0.2) is 12.7 Å². The summed E-state index contributed by atoms with van der Waals surface area (Å²) in [6, 6.07) is 0. The Morgan fingerprint density at radius 3 is 1.89 bits per heavy atom. The maximum atomic E-state index is 13.3. The predicted octanol–water partition coefficient (Wildman–Crippen LogP) is 4.31. The van der Waals surface area contributed by atoms with Gasteiger partial charge in [-0.15, -0.1) is 0 Å². The van der Waals surface area contributed by atoms with E-state index in [1.165, 1.54) is 0 Å². The zero-order chi connectivity index (χ0) is 21.5. The van der Waals surface area contributed by atoms with Crippen LogP contribution in [-0.2, 0) is 14.3 Å². The molecule has 0 radical (unpaired) electrons. The lowest BCUT2D eigenvalue weighted by molar-refractivity contribution is -0.422. The molecular formula is C17H24F6O4. The van der Waals surface area contributed by atoms with Crippen molar-refractivity contribution in [1.82, 2.24) is 0 Å². The molecule has 1 aliphatic rings.